The van der Waals surface area contributed by atoms with E-state index in [-0.39, 0.29) is 17.3 Å². The molecule has 3 N–H and O–H groups in total. The van der Waals surface area contributed by atoms with Crippen molar-refractivity contribution in [2.75, 3.05) is 5.32 Å². The van der Waals surface area contributed by atoms with Crippen LogP contribution in [0.3, 0.4) is 0 Å². The number of aliphatic hydroxyl groups is 1. The second-order valence-corrected chi connectivity index (χ2v) is 7.05. The lowest BCUT2D eigenvalue weighted by Gasteiger charge is -2.40. The van der Waals surface area contributed by atoms with Gasteiger partial charge in [-0.1, -0.05) is 18.2 Å². The molecule has 0 spiro atoms. The summed E-state index contributed by atoms with van der Waals surface area (Å²) >= 11 is 0. The Morgan fingerprint density at radius 2 is 1.90 bits per heavy atom. The van der Waals surface area contributed by atoms with Gasteiger partial charge in [0, 0.05) is 11.3 Å². The molecular formula is C20H19F3N4O2. The van der Waals surface area contributed by atoms with E-state index in [1.54, 1.807) is 50.4 Å². The average molecular weight is 404 g/mol. The molecule has 2 aromatic rings. The summed E-state index contributed by atoms with van der Waals surface area (Å²) in [5, 5.41) is 25.1. The van der Waals surface area contributed by atoms with Crippen molar-refractivity contribution in [3.63, 3.8) is 0 Å². The molecular weight excluding hydrogens is 385 g/mol. The van der Waals surface area contributed by atoms with Crippen LogP contribution in [0.4, 0.5) is 18.9 Å². The van der Waals surface area contributed by atoms with Crippen molar-refractivity contribution in [1.82, 2.24) is 5.32 Å². The normalized spacial score (nSPS) is 20.8. The number of nitrogens with one attached hydrogen (secondary N) is 2. The molecule has 2 atom stereocenters. The first-order chi connectivity index (χ1) is 13.6. The largest absolute Gasteiger partial charge is 0.485 e. The molecule has 6 nitrogen and oxygen atoms in total. The van der Waals surface area contributed by atoms with Crippen LogP contribution in [0.5, 0.6) is 5.75 Å². The van der Waals surface area contributed by atoms with Crippen LogP contribution in [-0.4, -0.2) is 22.8 Å². The molecule has 29 heavy (non-hydrogen) atoms. The first-order valence-corrected chi connectivity index (χ1v) is 8.75. The van der Waals surface area contributed by atoms with E-state index in [9.17, 15) is 18.3 Å². The highest BCUT2D eigenvalue weighted by Crippen LogP contribution is 2.44. The van der Waals surface area contributed by atoms with Crippen molar-refractivity contribution in [3.05, 3.63) is 59.7 Å². The van der Waals surface area contributed by atoms with Crippen molar-refractivity contribution in [3.8, 4) is 11.9 Å². The minimum absolute atomic E-state index is 0.0104. The van der Waals surface area contributed by atoms with Gasteiger partial charge in [-0.25, -0.2) is 4.99 Å². The number of nitrogens with zero attached hydrogens (tertiary/aromatic N) is 2. The zero-order valence-corrected chi connectivity index (χ0v) is 15.7. The molecule has 0 aromatic heterocycles. The number of alkyl halides is 3. The van der Waals surface area contributed by atoms with Crippen molar-refractivity contribution in [2.45, 2.75) is 37.8 Å². The van der Waals surface area contributed by atoms with Gasteiger partial charge in [0.1, 0.15) is 23.5 Å². The van der Waals surface area contributed by atoms with Crippen LogP contribution in [-0.2, 0) is 6.18 Å². The second-order valence-electron chi connectivity index (χ2n) is 7.05. The van der Waals surface area contributed by atoms with Crippen LogP contribution in [0.25, 0.3) is 0 Å². The summed E-state index contributed by atoms with van der Waals surface area (Å²) in [6, 6.07) is 10.8. The number of ether oxygens (including phenoxy) is 1. The predicted octanol–water partition coefficient (Wildman–Crippen LogP) is 3.82. The molecule has 0 fully saturated rings. The molecule has 0 saturated carbocycles. The Hall–Kier alpha value is -3.25. The molecule has 1 aliphatic heterocycles. The fourth-order valence-corrected chi connectivity index (χ4v) is 3.03. The first kappa shape index (κ1) is 20.5. The minimum atomic E-state index is -4.56. The van der Waals surface area contributed by atoms with Crippen LogP contribution in [0.1, 0.15) is 31.0 Å². The summed E-state index contributed by atoms with van der Waals surface area (Å²) in [5.41, 5.74) is -1.29. The highest BCUT2D eigenvalue weighted by Gasteiger charge is 2.44. The number of fused-ring (bicyclic) bond motifs is 1. The predicted molar refractivity (Wildman–Crippen MR) is 101 cm³/mol. The van der Waals surface area contributed by atoms with Gasteiger partial charge in [0.2, 0.25) is 5.96 Å². The van der Waals surface area contributed by atoms with E-state index in [0.717, 1.165) is 12.1 Å². The Bertz CT molecular complexity index is 952. The summed E-state index contributed by atoms with van der Waals surface area (Å²) < 4.78 is 45.3. The summed E-state index contributed by atoms with van der Waals surface area (Å²) in [7, 11) is 0. The van der Waals surface area contributed by atoms with E-state index < -0.39 is 29.5 Å². The molecule has 1 heterocycles. The lowest BCUT2D eigenvalue weighted by molar-refractivity contribution is -0.137. The lowest BCUT2D eigenvalue weighted by atomic mass is 9.86. The molecule has 0 unspecified atom stereocenters. The number of hydrogen-bond acceptors (Lipinski definition) is 4. The standard InChI is InChI=1S/C20H19F3N4O2/c1-19(2)17(28)16(14-10-12(20(21,22)23)8-9-15(14)29-19)27-18(25-11-24)26-13-6-4-3-5-7-13/h3-10,16-17,28H,1-2H3,(H2,25,26,27)/t16-,17+/m0/s1. The van der Waals surface area contributed by atoms with E-state index in [4.69, 9.17) is 10.00 Å². The van der Waals surface area contributed by atoms with Crippen molar-refractivity contribution >= 4 is 11.6 Å². The number of guanidine groups is 1. The van der Waals surface area contributed by atoms with E-state index in [1.165, 1.54) is 6.07 Å². The fraction of sp³-hybridized carbons (Fsp3) is 0.300. The summed E-state index contributed by atoms with van der Waals surface area (Å²) in [4.78, 5) is 4.34. The Balaban J connectivity index is 2.07. The van der Waals surface area contributed by atoms with Crippen LogP contribution < -0.4 is 15.4 Å². The monoisotopic (exact) mass is 404 g/mol. The molecule has 0 bridgehead atoms. The van der Waals surface area contributed by atoms with Gasteiger partial charge in [0.05, 0.1) is 5.56 Å². The first-order valence-electron chi connectivity index (χ1n) is 8.75. The maximum absolute atomic E-state index is 13.2. The number of aliphatic hydroxyl groups excluding tert-OH is 1. The van der Waals surface area contributed by atoms with Crippen LogP contribution >= 0.6 is 0 Å². The number of hydrogen-bond donors (Lipinski definition) is 3. The second kappa shape index (κ2) is 7.64. The summed E-state index contributed by atoms with van der Waals surface area (Å²) in [6.07, 6.45) is -4.08. The van der Waals surface area contributed by atoms with Crippen molar-refractivity contribution < 1.29 is 23.0 Å². The van der Waals surface area contributed by atoms with Gasteiger partial charge in [-0.05, 0) is 44.2 Å². The lowest BCUT2D eigenvalue weighted by Crippen LogP contribution is -2.49. The smallest absolute Gasteiger partial charge is 0.416 e. The van der Waals surface area contributed by atoms with E-state index in [2.05, 4.69) is 15.6 Å². The third kappa shape index (κ3) is 4.43. The number of halogens is 3. The maximum atomic E-state index is 13.2. The minimum Gasteiger partial charge on any atom is -0.485 e. The molecule has 0 aliphatic carbocycles. The third-order valence-corrected chi connectivity index (χ3v) is 4.52. The Morgan fingerprint density at radius 3 is 2.52 bits per heavy atom. The number of nitriles is 1. The number of benzene rings is 2. The zero-order chi connectivity index (χ0) is 21.2. The number of para-hydroxylation sites is 1. The number of rotatable bonds is 2. The van der Waals surface area contributed by atoms with Gasteiger partial charge in [0.15, 0.2) is 6.19 Å². The van der Waals surface area contributed by atoms with Gasteiger partial charge >= 0.3 is 6.18 Å². The Morgan fingerprint density at radius 1 is 1.21 bits per heavy atom. The van der Waals surface area contributed by atoms with Gasteiger partial charge in [0.25, 0.3) is 0 Å². The fourth-order valence-electron chi connectivity index (χ4n) is 3.03. The topological polar surface area (TPSA) is 89.7 Å². The van der Waals surface area contributed by atoms with Crippen molar-refractivity contribution in [1.29, 1.82) is 5.26 Å². The van der Waals surface area contributed by atoms with Crippen LogP contribution in [0.15, 0.2) is 53.5 Å². The molecule has 0 saturated heterocycles. The van der Waals surface area contributed by atoms with Gasteiger partial charge < -0.3 is 15.2 Å². The van der Waals surface area contributed by atoms with Crippen molar-refractivity contribution in [2.24, 2.45) is 4.99 Å². The SMILES string of the molecule is CC1(C)Oc2ccc(C(F)(F)F)cc2[C@H](N=C(NC#N)Nc2ccccc2)[C@H]1O. The molecule has 1 aliphatic rings. The molecule has 0 amide bonds. The highest BCUT2D eigenvalue weighted by molar-refractivity contribution is 5.94. The Labute approximate surface area is 165 Å². The maximum Gasteiger partial charge on any atom is 0.416 e. The molecule has 9 heteroatoms. The summed E-state index contributed by atoms with van der Waals surface area (Å²) in [6.45, 7) is 3.23. The number of anilines is 1. The molecule has 0 radical (unpaired) electrons. The highest BCUT2D eigenvalue weighted by atomic mass is 19.4. The Kier molecular flexibility index (Phi) is 5.40. The van der Waals surface area contributed by atoms with E-state index in [0.29, 0.717) is 5.69 Å². The summed E-state index contributed by atoms with van der Waals surface area (Å²) in [5.74, 6) is 0.182. The molecule has 152 valence electrons. The molecule has 2 aromatic carbocycles. The van der Waals surface area contributed by atoms with Gasteiger partial charge in [-0.3, -0.25) is 5.32 Å². The number of aliphatic imine (C=N–C) groups is 1. The van der Waals surface area contributed by atoms with Gasteiger partial charge in [-0.15, -0.1) is 0 Å². The van der Waals surface area contributed by atoms with E-state index >= 15 is 0 Å². The third-order valence-electron chi connectivity index (χ3n) is 4.52. The zero-order valence-electron chi connectivity index (χ0n) is 15.7. The average Bonchev–Trinajstić information content (AvgIpc) is 2.65. The van der Waals surface area contributed by atoms with Crippen LogP contribution in [0.2, 0.25) is 0 Å². The van der Waals surface area contributed by atoms with Gasteiger partial charge in [-0.2, -0.15) is 18.4 Å². The molecule has 3 rings (SSSR count). The van der Waals surface area contributed by atoms with Crippen LogP contribution in [0, 0.1) is 11.5 Å². The van der Waals surface area contributed by atoms with E-state index in [1.807, 2.05) is 0 Å². The quantitative estimate of drug-likeness (QED) is 0.307.